The maximum Gasteiger partial charge on any atom is 0.508 e. The van der Waals surface area contributed by atoms with Crippen molar-refractivity contribution in [2.24, 2.45) is 57.2 Å². The molecule has 0 heterocycles. The van der Waals surface area contributed by atoms with Crippen LogP contribution in [0, 0.1) is 57.2 Å². The van der Waals surface area contributed by atoms with Crippen molar-refractivity contribution in [2.75, 3.05) is 53.4 Å². The minimum Gasteiger partial charge on any atom is -0.434 e. The van der Waals surface area contributed by atoms with Crippen molar-refractivity contribution in [2.45, 2.75) is 141 Å². The second kappa shape index (κ2) is 20.2. The molecule has 0 spiro atoms. The van der Waals surface area contributed by atoms with Crippen LogP contribution in [0.15, 0.2) is 59.8 Å². The Kier molecular flexibility index (Phi) is 15.6. The van der Waals surface area contributed by atoms with Gasteiger partial charge in [0.1, 0.15) is 17.8 Å². The number of carbonyl (C=O) groups excluding carboxylic acids is 5. The summed E-state index contributed by atoms with van der Waals surface area (Å²) in [5, 5.41) is 46.5. The fraction of sp³-hybridized carbons (Fsp3) is 0.727. The van der Waals surface area contributed by atoms with Gasteiger partial charge in [-0.25, -0.2) is 18.4 Å². The number of carbonyl (C=O) groups is 5. The lowest BCUT2D eigenvalue weighted by molar-refractivity contribution is -0.219. The number of aliphatic hydroxyl groups is 4. The summed E-state index contributed by atoms with van der Waals surface area (Å²) in [7, 11) is 1.54. The van der Waals surface area contributed by atoms with E-state index < -0.39 is 123 Å². The zero-order chi connectivity index (χ0) is 53.0. The lowest BCUT2D eigenvalue weighted by atomic mass is 9.44. The summed E-state index contributed by atoms with van der Waals surface area (Å²) < 4.78 is 64.2. The van der Waals surface area contributed by atoms with Crippen molar-refractivity contribution in [1.82, 2.24) is 0 Å². The number of ketones is 3. The first-order valence-electron chi connectivity index (χ1n) is 25.7. The highest BCUT2D eigenvalue weighted by Gasteiger charge is 2.77. The molecule has 0 aromatic heterocycles. The molecule has 0 saturated heterocycles. The summed E-state index contributed by atoms with van der Waals surface area (Å²) in [6.45, 7) is 16.1. The molecule has 72 heavy (non-hydrogen) atoms. The van der Waals surface area contributed by atoms with Crippen LogP contribution in [0.2, 0.25) is 0 Å². The normalized spacial score (nSPS) is 43.2. The Balaban J connectivity index is 0.000000213. The van der Waals surface area contributed by atoms with Crippen LogP contribution in [0.3, 0.4) is 0 Å². The first-order chi connectivity index (χ1) is 33.7. The fourth-order valence-electron chi connectivity index (χ4n) is 15.5. The van der Waals surface area contributed by atoms with Crippen molar-refractivity contribution >= 4 is 29.7 Å². The Morgan fingerprint density at radius 2 is 1.11 bits per heavy atom. The molecule has 6 saturated carbocycles. The molecule has 0 bridgehead atoms. The Bertz CT molecular complexity index is 2290. The number of hydrogen-bond donors (Lipinski definition) is 4. The Morgan fingerprint density at radius 1 is 0.667 bits per heavy atom. The van der Waals surface area contributed by atoms with Crippen molar-refractivity contribution in [3.63, 3.8) is 0 Å². The van der Waals surface area contributed by atoms with Gasteiger partial charge in [-0.3, -0.25) is 14.4 Å². The van der Waals surface area contributed by atoms with Gasteiger partial charge >= 0.3 is 12.3 Å². The second-order valence-corrected chi connectivity index (χ2v) is 22.7. The molecule has 16 atom stereocenters. The number of allylic oxidation sites excluding steroid dienone is 9. The summed E-state index contributed by atoms with van der Waals surface area (Å²) in [5.41, 5.74) is -9.68. The molecule has 6 fully saturated rings. The summed E-state index contributed by atoms with van der Waals surface area (Å²) in [6.07, 6.45) is 8.40. The number of methoxy groups -OCH3 is 1. The van der Waals surface area contributed by atoms with Crippen LogP contribution in [0.1, 0.15) is 106 Å². The first kappa shape index (κ1) is 55.6. The van der Waals surface area contributed by atoms with E-state index in [0.717, 1.165) is 11.1 Å². The van der Waals surface area contributed by atoms with Crippen molar-refractivity contribution in [3.05, 3.63) is 59.8 Å². The monoisotopic (exact) mass is 1010 g/mol. The zero-order valence-electron chi connectivity index (χ0n) is 43.1. The lowest BCUT2D eigenvalue weighted by Gasteiger charge is -2.62. The average Bonchev–Trinajstić information content (AvgIpc) is 3.66. The molecule has 0 aliphatic heterocycles. The highest BCUT2D eigenvalue weighted by atomic mass is 19.1. The minimum absolute atomic E-state index is 0.0603. The number of alkyl halides is 2. The van der Waals surface area contributed by atoms with Crippen molar-refractivity contribution in [1.29, 1.82) is 0 Å². The molecule has 0 radical (unpaired) electrons. The van der Waals surface area contributed by atoms with Gasteiger partial charge in [-0.05, 0) is 113 Å². The summed E-state index contributed by atoms with van der Waals surface area (Å²) >= 11 is 0. The quantitative estimate of drug-likeness (QED) is 0.100. The van der Waals surface area contributed by atoms with E-state index in [1.54, 1.807) is 46.8 Å². The third-order valence-corrected chi connectivity index (χ3v) is 19.3. The molecule has 15 nitrogen and oxygen atoms in total. The standard InChI is InChI=1S/C28H39FO9.C27H37FO6/c1-17-13-21-20-6-5-18-14-19(30)7-8-25(18,2)27(20,29)22(31)15-26(21,3)28(17,34)23(32)16-38-24(33)37-12-11-36-10-9-35-4;1-6-11-33-23(31)34-15-22(30)27(32)17(3)13-20-19-8-7-18-12-16(2)9-10-24(18,4)26(19,28)21(29)14-25(20,27)5/h7-8,14,17,20-22,31,34H,5-6,9-13,15-16H2,1-4H3;9-10,12,17,19-21,29,32H,2,6-8,11,13-15H2,1,3-5H3/t17-,20+,21+,22+,25+,26+,27+,28+;17-,19+,20+,21+,24+,25+,26+,27+/m11/s1. The molecule has 0 amide bonds. The molecule has 17 heteroatoms. The van der Waals surface area contributed by atoms with Crippen molar-refractivity contribution < 1.29 is 81.6 Å². The van der Waals surface area contributed by atoms with E-state index in [1.807, 2.05) is 26.0 Å². The van der Waals surface area contributed by atoms with E-state index in [9.17, 15) is 44.4 Å². The van der Waals surface area contributed by atoms with E-state index in [1.165, 1.54) is 19.3 Å². The van der Waals surface area contributed by atoms with Gasteiger partial charge < -0.3 is 48.8 Å². The van der Waals surface area contributed by atoms with Crippen LogP contribution >= 0.6 is 0 Å². The average molecular weight is 1020 g/mol. The fourth-order valence-corrected chi connectivity index (χ4v) is 15.5. The topological polar surface area (TPSA) is 222 Å². The zero-order valence-corrected chi connectivity index (χ0v) is 43.1. The largest absolute Gasteiger partial charge is 0.508 e. The van der Waals surface area contributed by atoms with Crippen LogP contribution in [0.4, 0.5) is 18.4 Å². The van der Waals surface area contributed by atoms with Gasteiger partial charge in [0, 0.05) is 40.6 Å². The Labute approximate surface area is 421 Å². The van der Waals surface area contributed by atoms with Gasteiger partial charge in [0.05, 0.1) is 38.6 Å². The highest BCUT2D eigenvalue weighted by molar-refractivity contribution is 6.01. The van der Waals surface area contributed by atoms with E-state index in [2.05, 4.69) is 6.58 Å². The van der Waals surface area contributed by atoms with Gasteiger partial charge in [-0.1, -0.05) is 76.6 Å². The lowest BCUT2D eigenvalue weighted by Crippen LogP contribution is -2.69. The Hall–Kier alpha value is -4.13. The maximum absolute atomic E-state index is 17.2. The van der Waals surface area contributed by atoms with E-state index in [4.69, 9.17) is 28.4 Å². The second-order valence-electron chi connectivity index (χ2n) is 22.7. The summed E-state index contributed by atoms with van der Waals surface area (Å²) in [5.74, 6) is -4.44. The van der Waals surface area contributed by atoms with Crippen LogP contribution in [0.25, 0.3) is 0 Å². The Morgan fingerprint density at radius 3 is 1.58 bits per heavy atom. The molecule has 400 valence electrons. The number of ether oxygens (including phenoxy) is 6. The van der Waals surface area contributed by atoms with Crippen LogP contribution < -0.4 is 0 Å². The van der Waals surface area contributed by atoms with E-state index in [-0.39, 0.29) is 44.4 Å². The van der Waals surface area contributed by atoms with Crippen LogP contribution in [-0.4, -0.2) is 138 Å². The number of fused-ring (bicyclic) bond motifs is 10. The number of halogens is 2. The van der Waals surface area contributed by atoms with Gasteiger partial charge in [-0.15, -0.1) is 0 Å². The van der Waals surface area contributed by atoms with Gasteiger partial charge in [0.25, 0.3) is 0 Å². The molecule has 8 aliphatic carbocycles. The van der Waals surface area contributed by atoms with Gasteiger partial charge in [0.2, 0.25) is 11.6 Å². The predicted octanol–water partition coefficient (Wildman–Crippen LogP) is 7.17. The maximum atomic E-state index is 17.2. The molecule has 8 rings (SSSR count). The number of aliphatic hydroxyl groups excluding tert-OH is 2. The smallest absolute Gasteiger partial charge is 0.434 e. The molecule has 8 aliphatic rings. The molecule has 0 unspecified atom stereocenters. The van der Waals surface area contributed by atoms with Gasteiger partial charge in [0.15, 0.2) is 30.3 Å². The predicted molar refractivity (Wildman–Crippen MR) is 257 cm³/mol. The van der Waals surface area contributed by atoms with Crippen LogP contribution in [-0.2, 0) is 42.8 Å². The van der Waals surface area contributed by atoms with E-state index >= 15 is 8.78 Å². The van der Waals surface area contributed by atoms with Crippen LogP contribution in [0.5, 0.6) is 0 Å². The number of rotatable bonds is 14. The molecule has 0 aromatic rings. The molecule has 4 N–H and O–H groups in total. The number of Topliss-reactive ketones (excluding diaryl/α,β-unsaturated/α-hetero) is 2. The molecular weight excluding hydrogens is 939 g/mol. The first-order valence-corrected chi connectivity index (χ1v) is 25.7. The van der Waals surface area contributed by atoms with E-state index in [0.29, 0.717) is 63.7 Å². The van der Waals surface area contributed by atoms with Crippen molar-refractivity contribution in [3.8, 4) is 0 Å². The third-order valence-electron chi connectivity index (χ3n) is 19.3. The molecular formula is C55H76F2O15. The third kappa shape index (κ3) is 8.38. The summed E-state index contributed by atoms with van der Waals surface area (Å²) in [4.78, 5) is 62.4. The van der Waals surface area contributed by atoms with Gasteiger partial charge in [-0.2, -0.15) is 0 Å². The SMILES string of the molecule is C=C1C=C[C@@]2(C)C(=C1)CC[C@H]1[C@@H]3C[C@@H](C)[C@](O)(C(=O)COC(=O)OCCC)[C@@]3(C)C[C@H](O)[C@@]12F.COCCOCCOC(=O)OCC(=O)[C@@]1(O)[C@H](C)C[C@H]2[C@@H]3CCC4=CC(=O)C=C[C@]4(C)[C@@]3(F)[C@@H](O)C[C@@]21C. The summed E-state index contributed by atoms with van der Waals surface area (Å²) in [6, 6.07) is 0. The number of hydrogen-bond acceptors (Lipinski definition) is 15. The minimum atomic E-state index is -2.06. The highest BCUT2D eigenvalue weighted by Crippen LogP contribution is 2.72. The molecule has 0 aromatic carbocycles.